The van der Waals surface area contributed by atoms with Crippen molar-refractivity contribution in [1.82, 2.24) is 0 Å². The standard InChI is InChI=1S/C22H22N2O4/c1-2-28-21(26)14-7-16-5-10-18(11-6-16)23-22(27)17-8-12-19(13-9-17)24-15-3-4-20(24)25/h5-14H,2-4,15H2,1H3,(H,23,27)/b14-7+. The van der Waals surface area contributed by atoms with Crippen LogP contribution in [-0.2, 0) is 14.3 Å². The molecule has 0 bridgehead atoms. The predicted molar refractivity (Wildman–Crippen MR) is 108 cm³/mol. The molecule has 3 rings (SSSR count). The van der Waals surface area contributed by atoms with Gasteiger partial charge in [-0.25, -0.2) is 4.79 Å². The van der Waals surface area contributed by atoms with Crippen LogP contribution in [0.15, 0.2) is 54.6 Å². The zero-order valence-electron chi connectivity index (χ0n) is 15.7. The number of carbonyl (C=O) groups is 3. The van der Waals surface area contributed by atoms with E-state index in [0.717, 1.165) is 24.2 Å². The van der Waals surface area contributed by atoms with Gasteiger partial charge in [-0.1, -0.05) is 12.1 Å². The quantitative estimate of drug-likeness (QED) is 0.615. The van der Waals surface area contributed by atoms with Gasteiger partial charge in [0, 0.05) is 36.0 Å². The minimum absolute atomic E-state index is 0.120. The molecule has 0 aromatic heterocycles. The molecule has 0 radical (unpaired) electrons. The Labute approximate surface area is 163 Å². The molecule has 1 aliphatic heterocycles. The first-order valence-corrected chi connectivity index (χ1v) is 9.23. The average molecular weight is 378 g/mol. The van der Waals surface area contributed by atoms with Gasteiger partial charge in [0.1, 0.15) is 0 Å². The molecule has 2 aromatic carbocycles. The number of nitrogens with one attached hydrogen (secondary N) is 1. The maximum Gasteiger partial charge on any atom is 0.330 e. The number of esters is 1. The number of benzene rings is 2. The molecule has 0 atom stereocenters. The molecule has 1 N–H and O–H groups in total. The van der Waals surface area contributed by atoms with Crippen LogP contribution in [0.5, 0.6) is 0 Å². The zero-order valence-corrected chi connectivity index (χ0v) is 15.7. The number of hydrogen-bond acceptors (Lipinski definition) is 4. The zero-order chi connectivity index (χ0) is 19.9. The number of ether oxygens (including phenoxy) is 1. The molecular formula is C22H22N2O4. The molecule has 1 saturated heterocycles. The molecule has 0 spiro atoms. The van der Waals surface area contributed by atoms with Crippen molar-refractivity contribution in [2.24, 2.45) is 0 Å². The van der Waals surface area contributed by atoms with E-state index in [1.54, 1.807) is 66.4 Å². The van der Waals surface area contributed by atoms with Crippen molar-refractivity contribution in [2.75, 3.05) is 23.4 Å². The average Bonchev–Trinajstić information content (AvgIpc) is 3.14. The highest BCUT2D eigenvalue weighted by Gasteiger charge is 2.21. The third-order valence-electron chi connectivity index (χ3n) is 4.38. The Balaban J connectivity index is 1.60. The Bertz CT molecular complexity index is 886. The fourth-order valence-electron chi connectivity index (χ4n) is 2.95. The summed E-state index contributed by atoms with van der Waals surface area (Å²) in [5.74, 6) is -0.498. The Morgan fingerprint density at radius 3 is 2.43 bits per heavy atom. The van der Waals surface area contributed by atoms with Gasteiger partial charge in [-0.2, -0.15) is 0 Å². The van der Waals surface area contributed by atoms with Gasteiger partial charge in [0.25, 0.3) is 5.91 Å². The molecular weight excluding hydrogens is 356 g/mol. The molecule has 0 unspecified atom stereocenters. The van der Waals surface area contributed by atoms with Gasteiger partial charge in [-0.15, -0.1) is 0 Å². The lowest BCUT2D eigenvalue weighted by Gasteiger charge is -2.15. The van der Waals surface area contributed by atoms with Crippen molar-refractivity contribution in [3.05, 3.63) is 65.7 Å². The normalized spacial score (nSPS) is 13.8. The number of carbonyl (C=O) groups excluding carboxylic acids is 3. The summed E-state index contributed by atoms with van der Waals surface area (Å²) in [5, 5.41) is 2.83. The van der Waals surface area contributed by atoms with Crippen molar-refractivity contribution < 1.29 is 19.1 Å². The van der Waals surface area contributed by atoms with Crippen molar-refractivity contribution in [2.45, 2.75) is 19.8 Å². The SMILES string of the molecule is CCOC(=O)/C=C/c1ccc(NC(=O)c2ccc(N3CCCC3=O)cc2)cc1. The molecule has 0 saturated carbocycles. The highest BCUT2D eigenvalue weighted by molar-refractivity contribution is 6.05. The molecule has 1 heterocycles. The minimum Gasteiger partial charge on any atom is -0.463 e. The monoisotopic (exact) mass is 378 g/mol. The van der Waals surface area contributed by atoms with Gasteiger partial charge in [0.15, 0.2) is 0 Å². The van der Waals surface area contributed by atoms with Crippen LogP contribution in [0, 0.1) is 0 Å². The summed E-state index contributed by atoms with van der Waals surface area (Å²) in [6.45, 7) is 2.81. The summed E-state index contributed by atoms with van der Waals surface area (Å²) in [4.78, 5) is 37.3. The van der Waals surface area contributed by atoms with Gasteiger partial charge >= 0.3 is 5.97 Å². The summed E-state index contributed by atoms with van der Waals surface area (Å²) in [5.41, 5.74) is 2.81. The Morgan fingerprint density at radius 1 is 1.11 bits per heavy atom. The van der Waals surface area contributed by atoms with Crippen LogP contribution in [0.25, 0.3) is 6.08 Å². The lowest BCUT2D eigenvalue weighted by atomic mass is 10.1. The van der Waals surface area contributed by atoms with Gasteiger partial charge in [0.2, 0.25) is 5.91 Å². The maximum absolute atomic E-state index is 12.4. The second kappa shape index (κ2) is 8.99. The first-order valence-electron chi connectivity index (χ1n) is 9.23. The first kappa shape index (κ1) is 19.4. The fourth-order valence-corrected chi connectivity index (χ4v) is 2.95. The van der Waals surface area contributed by atoms with E-state index in [4.69, 9.17) is 4.74 Å². The number of rotatable bonds is 6. The van der Waals surface area contributed by atoms with E-state index in [9.17, 15) is 14.4 Å². The van der Waals surface area contributed by atoms with E-state index in [2.05, 4.69) is 5.32 Å². The molecule has 0 aliphatic carbocycles. The van der Waals surface area contributed by atoms with Crippen molar-refractivity contribution in [1.29, 1.82) is 0 Å². The molecule has 1 fully saturated rings. The number of hydrogen-bond donors (Lipinski definition) is 1. The maximum atomic E-state index is 12.4. The van der Waals surface area contributed by atoms with E-state index >= 15 is 0 Å². The van der Waals surface area contributed by atoms with Crippen LogP contribution in [0.3, 0.4) is 0 Å². The number of anilines is 2. The molecule has 6 nitrogen and oxygen atoms in total. The lowest BCUT2D eigenvalue weighted by molar-refractivity contribution is -0.137. The Hall–Kier alpha value is -3.41. The van der Waals surface area contributed by atoms with Crippen LogP contribution in [0.2, 0.25) is 0 Å². The van der Waals surface area contributed by atoms with Gasteiger partial charge in [0.05, 0.1) is 6.61 Å². The third-order valence-corrected chi connectivity index (χ3v) is 4.38. The van der Waals surface area contributed by atoms with E-state index in [-0.39, 0.29) is 17.8 Å². The van der Waals surface area contributed by atoms with Crippen molar-refractivity contribution in [3.63, 3.8) is 0 Å². The second-order valence-electron chi connectivity index (χ2n) is 6.36. The van der Waals surface area contributed by atoms with Gasteiger partial charge in [-0.3, -0.25) is 9.59 Å². The Morgan fingerprint density at radius 2 is 1.82 bits per heavy atom. The lowest BCUT2D eigenvalue weighted by Crippen LogP contribution is -2.23. The van der Waals surface area contributed by atoms with Crippen molar-refractivity contribution >= 4 is 35.2 Å². The summed E-state index contributed by atoms with van der Waals surface area (Å²) < 4.78 is 4.83. The summed E-state index contributed by atoms with van der Waals surface area (Å²) in [7, 11) is 0. The highest BCUT2D eigenvalue weighted by atomic mass is 16.5. The summed E-state index contributed by atoms with van der Waals surface area (Å²) in [6.07, 6.45) is 4.46. The van der Waals surface area contributed by atoms with Gasteiger partial charge in [-0.05, 0) is 61.4 Å². The molecule has 6 heteroatoms. The third kappa shape index (κ3) is 4.85. The number of amides is 2. The molecule has 1 aliphatic rings. The van der Waals surface area contributed by atoms with Gasteiger partial charge < -0.3 is 15.0 Å². The topological polar surface area (TPSA) is 75.7 Å². The van der Waals surface area contributed by atoms with Crippen molar-refractivity contribution in [3.8, 4) is 0 Å². The summed E-state index contributed by atoms with van der Waals surface area (Å²) >= 11 is 0. The molecule has 28 heavy (non-hydrogen) atoms. The second-order valence-corrected chi connectivity index (χ2v) is 6.36. The Kier molecular flexibility index (Phi) is 6.22. The first-order chi connectivity index (χ1) is 13.6. The van der Waals surface area contributed by atoms with E-state index < -0.39 is 0 Å². The van der Waals surface area contributed by atoms with Crippen LogP contribution < -0.4 is 10.2 Å². The smallest absolute Gasteiger partial charge is 0.330 e. The van der Waals surface area contributed by atoms with Crippen LogP contribution in [0.4, 0.5) is 11.4 Å². The van der Waals surface area contributed by atoms with Crippen LogP contribution >= 0.6 is 0 Å². The predicted octanol–water partition coefficient (Wildman–Crippen LogP) is 3.64. The largest absolute Gasteiger partial charge is 0.463 e. The molecule has 2 aromatic rings. The van der Waals surface area contributed by atoms with E-state index in [1.807, 2.05) is 0 Å². The molecule has 2 amide bonds. The number of nitrogens with zero attached hydrogens (tertiary/aromatic N) is 1. The molecule has 144 valence electrons. The van der Waals surface area contributed by atoms with Crippen LogP contribution in [-0.4, -0.2) is 30.9 Å². The highest BCUT2D eigenvalue weighted by Crippen LogP contribution is 2.22. The van der Waals surface area contributed by atoms with E-state index in [1.165, 1.54) is 6.08 Å². The minimum atomic E-state index is -0.390. The van der Waals surface area contributed by atoms with E-state index in [0.29, 0.717) is 24.3 Å². The fraction of sp³-hybridized carbons (Fsp3) is 0.227. The summed E-state index contributed by atoms with van der Waals surface area (Å²) in [6, 6.07) is 14.1. The van der Waals surface area contributed by atoms with Crippen LogP contribution in [0.1, 0.15) is 35.7 Å².